The Hall–Kier alpha value is -2.95. The topological polar surface area (TPSA) is 61.8 Å². The van der Waals surface area contributed by atoms with Crippen LogP contribution in [0.25, 0.3) is 0 Å². The van der Waals surface area contributed by atoms with E-state index < -0.39 is 0 Å². The number of aryl methyl sites for hydroxylation is 2. The molecule has 0 saturated heterocycles. The second kappa shape index (κ2) is 8.43. The summed E-state index contributed by atoms with van der Waals surface area (Å²) in [5.41, 5.74) is 6.71. The lowest BCUT2D eigenvalue weighted by molar-refractivity contribution is -0.125. The molecule has 5 nitrogen and oxygen atoms in total. The molecule has 0 aromatic heterocycles. The van der Waals surface area contributed by atoms with Gasteiger partial charge < -0.3 is 4.90 Å². The van der Waals surface area contributed by atoms with Crippen LogP contribution in [0.4, 0.5) is 5.69 Å². The molecular formula is C21H23N3O2. The van der Waals surface area contributed by atoms with Crippen LogP contribution in [0.2, 0.25) is 0 Å². The van der Waals surface area contributed by atoms with Gasteiger partial charge in [-0.2, -0.15) is 5.10 Å². The molecule has 1 aliphatic heterocycles. The number of anilines is 1. The molecule has 3 rings (SSSR count). The third kappa shape index (κ3) is 4.57. The molecule has 0 unspecified atom stereocenters. The smallest absolute Gasteiger partial charge is 0.240 e. The SMILES string of the molecule is Cc1cccc(C=NNC(=O)CCC(=O)N2CCCc3ccccc32)c1. The second-order valence-electron chi connectivity index (χ2n) is 6.48. The predicted molar refractivity (Wildman–Crippen MR) is 103 cm³/mol. The first-order valence-electron chi connectivity index (χ1n) is 8.90. The van der Waals surface area contributed by atoms with Gasteiger partial charge >= 0.3 is 0 Å². The molecule has 1 N–H and O–H groups in total. The van der Waals surface area contributed by atoms with E-state index >= 15 is 0 Å². The first-order valence-corrected chi connectivity index (χ1v) is 8.90. The van der Waals surface area contributed by atoms with Gasteiger partial charge in [-0.15, -0.1) is 0 Å². The Labute approximate surface area is 153 Å². The number of carbonyl (C=O) groups is 2. The summed E-state index contributed by atoms with van der Waals surface area (Å²) in [4.78, 5) is 26.2. The van der Waals surface area contributed by atoms with Gasteiger partial charge in [-0.25, -0.2) is 5.43 Å². The zero-order valence-electron chi connectivity index (χ0n) is 14.9. The summed E-state index contributed by atoms with van der Waals surface area (Å²) in [5.74, 6) is -0.275. The Morgan fingerprint density at radius 2 is 2.00 bits per heavy atom. The number of hydrogen-bond acceptors (Lipinski definition) is 3. The van der Waals surface area contributed by atoms with Gasteiger partial charge in [0.15, 0.2) is 0 Å². The maximum Gasteiger partial charge on any atom is 0.240 e. The molecule has 134 valence electrons. The number of rotatable bonds is 5. The molecule has 2 amide bonds. The van der Waals surface area contributed by atoms with Gasteiger partial charge in [0, 0.05) is 25.1 Å². The number of fused-ring (bicyclic) bond motifs is 1. The van der Waals surface area contributed by atoms with Crippen LogP contribution >= 0.6 is 0 Å². The van der Waals surface area contributed by atoms with Crippen LogP contribution in [0, 0.1) is 6.92 Å². The van der Waals surface area contributed by atoms with Gasteiger partial charge in [-0.3, -0.25) is 9.59 Å². The van der Waals surface area contributed by atoms with Crippen molar-refractivity contribution in [3.8, 4) is 0 Å². The molecule has 0 fully saturated rings. The van der Waals surface area contributed by atoms with E-state index in [4.69, 9.17) is 0 Å². The summed E-state index contributed by atoms with van der Waals surface area (Å²) in [5, 5.41) is 3.96. The zero-order valence-corrected chi connectivity index (χ0v) is 14.9. The number of nitrogens with zero attached hydrogens (tertiary/aromatic N) is 2. The molecule has 0 spiro atoms. The monoisotopic (exact) mass is 349 g/mol. The van der Waals surface area contributed by atoms with Gasteiger partial charge in [0.25, 0.3) is 0 Å². The fourth-order valence-electron chi connectivity index (χ4n) is 3.13. The molecule has 0 aliphatic carbocycles. The minimum Gasteiger partial charge on any atom is -0.312 e. The minimum atomic E-state index is -0.257. The van der Waals surface area contributed by atoms with Gasteiger partial charge in [0.2, 0.25) is 11.8 Å². The van der Waals surface area contributed by atoms with Crippen molar-refractivity contribution in [2.75, 3.05) is 11.4 Å². The average molecular weight is 349 g/mol. The first kappa shape index (κ1) is 17.9. The first-order chi connectivity index (χ1) is 12.6. The maximum atomic E-state index is 12.5. The highest BCUT2D eigenvalue weighted by Gasteiger charge is 2.22. The zero-order chi connectivity index (χ0) is 18.4. The molecule has 1 aliphatic rings. The summed E-state index contributed by atoms with van der Waals surface area (Å²) in [6.07, 6.45) is 3.86. The number of hydrogen-bond donors (Lipinski definition) is 1. The fourth-order valence-corrected chi connectivity index (χ4v) is 3.13. The van der Waals surface area contributed by atoms with Gasteiger partial charge in [-0.1, -0.05) is 48.0 Å². The van der Waals surface area contributed by atoms with Crippen LogP contribution in [0.3, 0.4) is 0 Å². The maximum absolute atomic E-state index is 12.5. The number of amides is 2. The summed E-state index contributed by atoms with van der Waals surface area (Å²) in [6, 6.07) is 15.8. The lowest BCUT2D eigenvalue weighted by Crippen LogP contribution is -2.36. The lowest BCUT2D eigenvalue weighted by Gasteiger charge is -2.29. The third-order valence-corrected chi connectivity index (χ3v) is 4.42. The van der Waals surface area contributed by atoms with Crippen molar-refractivity contribution in [1.82, 2.24) is 5.43 Å². The van der Waals surface area contributed by atoms with Crippen molar-refractivity contribution < 1.29 is 9.59 Å². The Bertz CT molecular complexity index is 830. The van der Waals surface area contributed by atoms with E-state index in [-0.39, 0.29) is 24.7 Å². The summed E-state index contributed by atoms with van der Waals surface area (Å²) in [6.45, 7) is 2.71. The summed E-state index contributed by atoms with van der Waals surface area (Å²) >= 11 is 0. The summed E-state index contributed by atoms with van der Waals surface area (Å²) < 4.78 is 0. The molecular weight excluding hydrogens is 326 g/mol. The molecule has 0 saturated carbocycles. The number of benzene rings is 2. The number of hydrazone groups is 1. The van der Waals surface area contributed by atoms with Crippen LogP contribution < -0.4 is 10.3 Å². The fraction of sp³-hybridized carbons (Fsp3) is 0.286. The second-order valence-corrected chi connectivity index (χ2v) is 6.48. The Balaban J connectivity index is 1.50. The van der Waals surface area contributed by atoms with Crippen molar-refractivity contribution in [3.63, 3.8) is 0 Å². The molecule has 1 heterocycles. The van der Waals surface area contributed by atoms with E-state index in [1.807, 2.05) is 49.4 Å². The number of nitrogens with one attached hydrogen (secondary N) is 1. The van der Waals surface area contributed by atoms with Crippen LogP contribution in [-0.4, -0.2) is 24.6 Å². The van der Waals surface area contributed by atoms with E-state index in [1.54, 1.807) is 11.1 Å². The molecule has 2 aromatic rings. The highest BCUT2D eigenvalue weighted by molar-refractivity contribution is 5.96. The molecule has 5 heteroatoms. The van der Waals surface area contributed by atoms with Gasteiger partial charge in [-0.05, 0) is 37.0 Å². The van der Waals surface area contributed by atoms with E-state index in [1.165, 1.54) is 5.56 Å². The molecule has 0 radical (unpaired) electrons. The van der Waals surface area contributed by atoms with Crippen molar-refractivity contribution in [2.45, 2.75) is 32.6 Å². The molecule has 2 aromatic carbocycles. The number of para-hydroxylation sites is 1. The highest BCUT2D eigenvalue weighted by Crippen LogP contribution is 2.27. The van der Waals surface area contributed by atoms with Crippen LogP contribution in [0.15, 0.2) is 53.6 Å². The summed E-state index contributed by atoms with van der Waals surface area (Å²) in [7, 11) is 0. The lowest BCUT2D eigenvalue weighted by atomic mass is 10.0. The van der Waals surface area contributed by atoms with Gasteiger partial charge in [0.1, 0.15) is 0 Å². The number of carbonyl (C=O) groups excluding carboxylic acids is 2. The van der Waals surface area contributed by atoms with E-state index in [0.717, 1.165) is 29.7 Å². The average Bonchev–Trinajstić information content (AvgIpc) is 2.66. The van der Waals surface area contributed by atoms with Crippen LogP contribution in [-0.2, 0) is 16.0 Å². The van der Waals surface area contributed by atoms with E-state index in [9.17, 15) is 9.59 Å². The predicted octanol–water partition coefficient (Wildman–Crippen LogP) is 3.20. The Kier molecular flexibility index (Phi) is 5.79. The standard InChI is InChI=1S/C21H23N3O2/c1-16-6-4-7-17(14-16)15-22-23-20(25)11-12-21(26)24-13-5-9-18-8-2-3-10-19(18)24/h2-4,6-8,10,14-15H,5,9,11-13H2,1H3,(H,23,25). The molecule has 26 heavy (non-hydrogen) atoms. The minimum absolute atomic E-state index is 0.0186. The van der Waals surface area contributed by atoms with Gasteiger partial charge in [0.05, 0.1) is 6.21 Å². The van der Waals surface area contributed by atoms with Crippen LogP contribution in [0.1, 0.15) is 36.0 Å². The van der Waals surface area contributed by atoms with Crippen molar-refractivity contribution in [3.05, 3.63) is 65.2 Å². The Morgan fingerprint density at radius 3 is 2.85 bits per heavy atom. The van der Waals surface area contributed by atoms with E-state index in [2.05, 4.69) is 16.6 Å². The van der Waals surface area contributed by atoms with Crippen LogP contribution in [0.5, 0.6) is 0 Å². The normalized spacial score (nSPS) is 13.5. The van der Waals surface area contributed by atoms with E-state index in [0.29, 0.717) is 6.54 Å². The van der Waals surface area contributed by atoms with Crippen molar-refractivity contribution in [1.29, 1.82) is 0 Å². The third-order valence-electron chi connectivity index (χ3n) is 4.42. The molecule has 0 bridgehead atoms. The molecule has 0 atom stereocenters. The quantitative estimate of drug-likeness (QED) is 0.665. The van der Waals surface area contributed by atoms with Crippen molar-refractivity contribution in [2.24, 2.45) is 5.10 Å². The Morgan fingerprint density at radius 1 is 1.15 bits per heavy atom. The largest absolute Gasteiger partial charge is 0.312 e. The highest BCUT2D eigenvalue weighted by atomic mass is 16.2. The van der Waals surface area contributed by atoms with Crippen molar-refractivity contribution >= 4 is 23.7 Å².